The summed E-state index contributed by atoms with van der Waals surface area (Å²) in [5.41, 5.74) is 3.39. The molecule has 1 aliphatic carbocycles. The van der Waals surface area contributed by atoms with Gasteiger partial charge in [-0.1, -0.05) is 23.5 Å². The Kier molecular flexibility index (Phi) is 2.40. The number of aromatic nitrogens is 1. The molecule has 1 fully saturated rings. The van der Waals surface area contributed by atoms with E-state index in [1.165, 1.54) is 10.3 Å². The van der Waals surface area contributed by atoms with Gasteiger partial charge in [-0.3, -0.25) is 4.79 Å². The Labute approximate surface area is 104 Å². The highest BCUT2D eigenvalue weighted by molar-refractivity contribution is 7.22. The van der Waals surface area contributed by atoms with Crippen molar-refractivity contribution in [3.8, 4) is 0 Å². The fraction of sp³-hybridized carbons (Fsp3) is 0.385. The molecule has 0 atom stereocenters. The molecule has 0 bridgehead atoms. The van der Waals surface area contributed by atoms with Gasteiger partial charge in [-0.25, -0.2) is 4.98 Å². The zero-order chi connectivity index (χ0) is 12.0. The van der Waals surface area contributed by atoms with Gasteiger partial charge in [0.2, 0.25) is 5.91 Å². The fourth-order valence-corrected chi connectivity index (χ4v) is 2.88. The summed E-state index contributed by atoms with van der Waals surface area (Å²) in [5.74, 6) is 0.351. The van der Waals surface area contributed by atoms with Crippen molar-refractivity contribution >= 4 is 32.6 Å². The molecule has 0 saturated heterocycles. The predicted octanol–water partition coefficient (Wildman–Crippen LogP) is 3.26. The fourth-order valence-electron chi connectivity index (χ4n) is 1.87. The second-order valence-electron chi connectivity index (χ2n) is 4.66. The first-order valence-corrected chi connectivity index (χ1v) is 6.64. The van der Waals surface area contributed by atoms with Crippen LogP contribution in [0.3, 0.4) is 0 Å². The van der Waals surface area contributed by atoms with Crippen LogP contribution in [-0.2, 0) is 4.79 Å². The van der Waals surface area contributed by atoms with Gasteiger partial charge in [0.25, 0.3) is 0 Å². The molecule has 1 saturated carbocycles. The Morgan fingerprint density at radius 2 is 2.06 bits per heavy atom. The second-order valence-corrected chi connectivity index (χ2v) is 5.66. The number of hydrogen-bond acceptors (Lipinski definition) is 3. The molecule has 1 amide bonds. The summed E-state index contributed by atoms with van der Waals surface area (Å²) >= 11 is 1.57. The van der Waals surface area contributed by atoms with Gasteiger partial charge in [0, 0.05) is 5.92 Å². The van der Waals surface area contributed by atoms with E-state index >= 15 is 0 Å². The van der Waals surface area contributed by atoms with Crippen molar-refractivity contribution < 1.29 is 4.79 Å². The summed E-state index contributed by atoms with van der Waals surface area (Å²) in [6, 6.07) is 4.17. The van der Waals surface area contributed by atoms with Crippen molar-refractivity contribution in [3.05, 3.63) is 23.3 Å². The first kappa shape index (κ1) is 10.7. The molecule has 1 aliphatic rings. The number of thiazole rings is 1. The van der Waals surface area contributed by atoms with Gasteiger partial charge >= 0.3 is 0 Å². The lowest BCUT2D eigenvalue weighted by Crippen LogP contribution is -2.12. The third-order valence-electron chi connectivity index (χ3n) is 3.12. The van der Waals surface area contributed by atoms with E-state index in [0.717, 1.165) is 29.1 Å². The van der Waals surface area contributed by atoms with Crippen LogP contribution in [0.2, 0.25) is 0 Å². The Hall–Kier alpha value is -1.42. The molecule has 0 radical (unpaired) electrons. The Morgan fingerprint density at radius 3 is 2.71 bits per heavy atom. The summed E-state index contributed by atoms with van der Waals surface area (Å²) in [7, 11) is 0. The lowest BCUT2D eigenvalue weighted by Gasteiger charge is -1.97. The van der Waals surface area contributed by atoms with Crippen LogP contribution >= 0.6 is 11.3 Å². The van der Waals surface area contributed by atoms with Gasteiger partial charge in [0.15, 0.2) is 5.13 Å². The monoisotopic (exact) mass is 246 g/mol. The van der Waals surface area contributed by atoms with Crippen molar-refractivity contribution in [1.82, 2.24) is 4.98 Å². The number of fused-ring (bicyclic) bond motifs is 1. The van der Waals surface area contributed by atoms with E-state index < -0.39 is 0 Å². The number of nitrogens with one attached hydrogen (secondary N) is 1. The van der Waals surface area contributed by atoms with Gasteiger partial charge in [-0.2, -0.15) is 0 Å². The van der Waals surface area contributed by atoms with Gasteiger partial charge in [0.05, 0.1) is 10.2 Å². The van der Waals surface area contributed by atoms with Gasteiger partial charge < -0.3 is 5.32 Å². The van der Waals surface area contributed by atoms with E-state index in [0.29, 0.717) is 0 Å². The average molecular weight is 246 g/mol. The molecule has 3 nitrogen and oxygen atoms in total. The molecular formula is C13H14N2OS. The Morgan fingerprint density at radius 1 is 1.35 bits per heavy atom. The normalized spacial score (nSPS) is 15.2. The standard InChI is InChI=1S/C13H14N2OS/c1-7-3-4-8(2)11-10(7)14-13(17-11)15-12(16)9-5-6-9/h3-4,9H,5-6H2,1-2H3,(H,14,15,16). The minimum absolute atomic E-state index is 0.124. The van der Waals surface area contributed by atoms with Crippen LogP contribution in [0.4, 0.5) is 5.13 Å². The third-order valence-corrected chi connectivity index (χ3v) is 4.23. The minimum atomic E-state index is 0.124. The topological polar surface area (TPSA) is 42.0 Å². The van der Waals surface area contributed by atoms with Crippen LogP contribution in [0.5, 0.6) is 0 Å². The number of nitrogens with zero attached hydrogens (tertiary/aromatic N) is 1. The largest absolute Gasteiger partial charge is 0.302 e. The van der Waals surface area contributed by atoms with Crippen LogP contribution in [0, 0.1) is 19.8 Å². The van der Waals surface area contributed by atoms with E-state index in [4.69, 9.17) is 0 Å². The van der Waals surface area contributed by atoms with Crippen LogP contribution in [0.25, 0.3) is 10.2 Å². The highest BCUT2D eigenvalue weighted by atomic mass is 32.1. The van der Waals surface area contributed by atoms with Gasteiger partial charge in [-0.05, 0) is 37.8 Å². The van der Waals surface area contributed by atoms with Crippen molar-refractivity contribution in [2.24, 2.45) is 5.92 Å². The molecule has 0 unspecified atom stereocenters. The highest BCUT2D eigenvalue weighted by Crippen LogP contribution is 2.34. The predicted molar refractivity (Wildman–Crippen MR) is 70.4 cm³/mol. The minimum Gasteiger partial charge on any atom is -0.302 e. The quantitative estimate of drug-likeness (QED) is 0.883. The number of aryl methyl sites for hydroxylation is 2. The molecule has 0 aliphatic heterocycles. The smallest absolute Gasteiger partial charge is 0.229 e. The summed E-state index contributed by atoms with van der Waals surface area (Å²) in [4.78, 5) is 16.2. The van der Waals surface area contributed by atoms with Crippen molar-refractivity contribution in [1.29, 1.82) is 0 Å². The summed E-state index contributed by atoms with van der Waals surface area (Å²) in [6.45, 7) is 4.13. The number of carbonyl (C=O) groups excluding carboxylic acids is 1. The van der Waals surface area contributed by atoms with Crippen molar-refractivity contribution in [2.75, 3.05) is 5.32 Å². The number of rotatable bonds is 2. The first-order valence-electron chi connectivity index (χ1n) is 5.83. The molecule has 17 heavy (non-hydrogen) atoms. The lowest BCUT2D eigenvalue weighted by atomic mass is 10.1. The molecule has 1 heterocycles. The zero-order valence-electron chi connectivity index (χ0n) is 9.91. The van der Waals surface area contributed by atoms with Crippen LogP contribution < -0.4 is 5.32 Å². The average Bonchev–Trinajstić information content (AvgIpc) is 3.06. The van der Waals surface area contributed by atoms with Gasteiger partial charge in [-0.15, -0.1) is 0 Å². The lowest BCUT2D eigenvalue weighted by molar-refractivity contribution is -0.117. The molecular weight excluding hydrogens is 232 g/mol. The molecule has 88 valence electrons. The maximum Gasteiger partial charge on any atom is 0.229 e. The molecule has 4 heteroatoms. The number of anilines is 1. The molecule has 3 rings (SSSR count). The third kappa shape index (κ3) is 1.93. The molecule has 1 N–H and O–H groups in total. The SMILES string of the molecule is Cc1ccc(C)c2sc(NC(=O)C3CC3)nc12. The molecule has 1 aromatic carbocycles. The summed E-state index contributed by atoms with van der Waals surface area (Å²) in [5, 5.41) is 3.65. The maximum absolute atomic E-state index is 11.7. The van der Waals surface area contributed by atoms with E-state index in [1.807, 2.05) is 6.92 Å². The van der Waals surface area contributed by atoms with E-state index in [9.17, 15) is 4.79 Å². The number of amides is 1. The summed E-state index contributed by atoms with van der Waals surface area (Å²) < 4.78 is 1.18. The Bertz CT molecular complexity index is 560. The molecule has 0 spiro atoms. The van der Waals surface area contributed by atoms with Crippen molar-refractivity contribution in [3.63, 3.8) is 0 Å². The highest BCUT2D eigenvalue weighted by Gasteiger charge is 2.30. The van der Waals surface area contributed by atoms with E-state index in [1.54, 1.807) is 11.3 Å². The molecule has 2 aromatic rings. The molecule has 1 aromatic heterocycles. The maximum atomic E-state index is 11.7. The summed E-state index contributed by atoms with van der Waals surface area (Å²) in [6.07, 6.45) is 2.05. The van der Waals surface area contributed by atoms with Crippen LogP contribution in [-0.4, -0.2) is 10.9 Å². The number of hydrogen-bond donors (Lipinski definition) is 1. The number of benzene rings is 1. The Balaban J connectivity index is 1.98. The van der Waals surface area contributed by atoms with E-state index in [-0.39, 0.29) is 11.8 Å². The second kappa shape index (κ2) is 3.81. The zero-order valence-corrected chi connectivity index (χ0v) is 10.7. The van der Waals surface area contributed by atoms with Crippen LogP contribution in [0.1, 0.15) is 24.0 Å². The first-order chi connectivity index (χ1) is 8.15. The number of carbonyl (C=O) groups is 1. The van der Waals surface area contributed by atoms with Gasteiger partial charge in [0.1, 0.15) is 0 Å². The van der Waals surface area contributed by atoms with Crippen molar-refractivity contribution in [2.45, 2.75) is 26.7 Å². The van der Waals surface area contributed by atoms with Crippen LogP contribution in [0.15, 0.2) is 12.1 Å². The van der Waals surface area contributed by atoms with E-state index in [2.05, 4.69) is 29.4 Å².